The zero-order valence-electron chi connectivity index (χ0n) is 10.6. The Hall–Kier alpha value is -2.56. The number of nitrogens with zero attached hydrogens (tertiary/aromatic N) is 2. The van der Waals surface area contributed by atoms with E-state index in [1.54, 1.807) is 18.3 Å². The second-order valence-corrected chi connectivity index (χ2v) is 4.22. The lowest BCUT2D eigenvalue weighted by molar-refractivity contribution is 0.0698. The fourth-order valence-corrected chi connectivity index (χ4v) is 1.89. The van der Waals surface area contributed by atoms with Crippen LogP contribution in [-0.2, 0) is 6.54 Å². The molecule has 0 radical (unpaired) electrons. The number of aromatic nitrogens is 1. The molecule has 0 amide bonds. The largest absolute Gasteiger partial charge is 0.478 e. The quantitative estimate of drug-likeness (QED) is 0.819. The van der Waals surface area contributed by atoms with Gasteiger partial charge in [0.1, 0.15) is 0 Å². The fraction of sp³-hybridized carbons (Fsp3) is 0.143. The molecule has 98 valence electrons. The summed E-state index contributed by atoms with van der Waals surface area (Å²) in [6, 6.07) is 10.6. The van der Waals surface area contributed by atoms with E-state index in [9.17, 15) is 4.79 Å². The summed E-state index contributed by atoms with van der Waals surface area (Å²) < 4.78 is 0. The SMILES string of the molecule is CN(Cc1ccccn1)c1cccc(C(=O)O)c1N. The molecule has 0 saturated carbocycles. The Morgan fingerprint density at radius 1 is 1.32 bits per heavy atom. The summed E-state index contributed by atoms with van der Waals surface area (Å²) in [4.78, 5) is 17.2. The van der Waals surface area contributed by atoms with Crippen molar-refractivity contribution < 1.29 is 9.90 Å². The summed E-state index contributed by atoms with van der Waals surface area (Å²) in [5, 5.41) is 9.05. The van der Waals surface area contributed by atoms with Gasteiger partial charge in [0.05, 0.1) is 29.2 Å². The molecule has 0 aliphatic carbocycles. The highest BCUT2D eigenvalue weighted by molar-refractivity contribution is 5.97. The molecule has 1 heterocycles. The van der Waals surface area contributed by atoms with E-state index in [0.717, 1.165) is 5.69 Å². The first kappa shape index (κ1) is 12.9. The van der Waals surface area contributed by atoms with Gasteiger partial charge < -0.3 is 15.7 Å². The number of nitrogens with two attached hydrogens (primary N) is 1. The fourth-order valence-electron chi connectivity index (χ4n) is 1.89. The van der Waals surface area contributed by atoms with Crippen molar-refractivity contribution in [3.05, 3.63) is 53.9 Å². The van der Waals surface area contributed by atoms with Crippen LogP contribution in [0.1, 0.15) is 16.1 Å². The summed E-state index contributed by atoms with van der Waals surface area (Å²) in [5.41, 5.74) is 7.86. The van der Waals surface area contributed by atoms with Gasteiger partial charge in [-0.3, -0.25) is 4.98 Å². The number of para-hydroxylation sites is 1. The number of nitrogen functional groups attached to an aromatic ring is 1. The molecule has 0 unspecified atom stereocenters. The van der Waals surface area contributed by atoms with Gasteiger partial charge in [-0.05, 0) is 24.3 Å². The molecule has 5 nitrogen and oxygen atoms in total. The van der Waals surface area contributed by atoms with Crippen molar-refractivity contribution in [3.63, 3.8) is 0 Å². The topological polar surface area (TPSA) is 79.5 Å². The van der Waals surface area contributed by atoms with Gasteiger partial charge >= 0.3 is 5.97 Å². The number of carbonyl (C=O) groups is 1. The standard InChI is InChI=1S/C14H15N3O2/c1-17(9-10-5-2-3-8-16-10)12-7-4-6-11(13(12)15)14(18)19/h2-8H,9,15H2,1H3,(H,18,19). The lowest BCUT2D eigenvalue weighted by atomic mass is 10.1. The van der Waals surface area contributed by atoms with Crippen LogP contribution in [0.4, 0.5) is 11.4 Å². The summed E-state index contributed by atoms with van der Waals surface area (Å²) >= 11 is 0. The van der Waals surface area contributed by atoms with Crippen molar-refractivity contribution in [2.45, 2.75) is 6.54 Å². The molecule has 2 rings (SSSR count). The number of aromatic carboxylic acids is 1. The number of hydrogen-bond acceptors (Lipinski definition) is 4. The number of hydrogen-bond donors (Lipinski definition) is 2. The Labute approximate surface area is 111 Å². The molecule has 0 atom stereocenters. The molecule has 0 spiro atoms. The Morgan fingerprint density at radius 3 is 2.74 bits per heavy atom. The third kappa shape index (κ3) is 2.82. The zero-order valence-corrected chi connectivity index (χ0v) is 10.6. The third-order valence-electron chi connectivity index (χ3n) is 2.85. The van der Waals surface area contributed by atoms with E-state index in [1.807, 2.05) is 30.1 Å². The first-order valence-corrected chi connectivity index (χ1v) is 5.82. The van der Waals surface area contributed by atoms with Crippen LogP contribution in [0.5, 0.6) is 0 Å². The number of rotatable bonds is 4. The lowest BCUT2D eigenvalue weighted by Crippen LogP contribution is -2.19. The van der Waals surface area contributed by atoms with E-state index in [-0.39, 0.29) is 11.3 Å². The zero-order chi connectivity index (χ0) is 13.8. The molecule has 3 N–H and O–H groups in total. The second kappa shape index (κ2) is 5.39. The molecule has 2 aromatic rings. The van der Waals surface area contributed by atoms with Crippen LogP contribution in [0.2, 0.25) is 0 Å². The molecule has 0 bridgehead atoms. The van der Waals surface area contributed by atoms with Crippen molar-refractivity contribution in [1.29, 1.82) is 0 Å². The van der Waals surface area contributed by atoms with E-state index in [2.05, 4.69) is 4.98 Å². The Morgan fingerprint density at radius 2 is 2.11 bits per heavy atom. The maximum Gasteiger partial charge on any atom is 0.337 e. The van der Waals surface area contributed by atoms with E-state index < -0.39 is 5.97 Å². The summed E-state index contributed by atoms with van der Waals surface area (Å²) in [6.45, 7) is 0.564. The van der Waals surface area contributed by atoms with Crippen LogP contribution >= 0.6 is 0 Å². The van der Waals surface area contributed by atoms with Gasteiger partial charge in [-0.2, -0.15) is 0 Å². The van der Waals surface area contributed by atoms with Crippen LogP contribution in [0.25, 0.3) is 0 Å². The number of pyridine rings is 1. The average molecular weight is 257 g/mol. The van der Waals surface area contributed by atoms with E-state index >= 15 is 0 Å². The van der Waals surface area contributed by atoms with Gasteiger partial charge in [0.2, 0.25) is 0 Å². The van der Waals surface area contributed by atoms with E-state index in [0.29, 0.717) is 12.2 Å². The Balaban J connectivity index is 2.27. The van der Waals surface area contributed by atoms with Crippen molar-refractivity contribution >= 4 is 17.3 Å². The number of benzene rings is 1. The molecule has 19 heavy (non-hydrogen) atoms. The van der Waals surface area contributed by atoms with Crippen molar-refractivity contribution in [3.8, 4) is 0 Å². The van der Waals surface area contributed by atoms with E-state index in [1.165, 1.54) is 6.07 Å². The van der Waals surface area contributed by atoms with Gasteiger partial charge in [-0.15, -0.1) is 0 Å². The maximum absolute atomic E-state index is 11.0. The van der Waals surface area contributed by atoms with Crippen molar-refractivity contribution in [2.75, 3.05) is 17.7 Å². The molecular weight excluding hydrogens is 242 g/mol. The molecule has 5 heteroatoms. The van der Waals surface area contributed by atoms with Gasteiger partial charge in [-0.1, -0.05) is 12.1 Å². The minimum atomic E-state index is -1.02. The van der Waals surface area contributed by atoms with Crippen molar-refractivity contribution in [1.82, 2.24) is 4.98 Å². The van der Waals surface area contributed by atoms with Crippen LogP contribution in [0.3, 0.4) is 0 Å². The highest BCUT2D eigenvalue weighted by atomic mass is 16.4. The molecule has 1 aromatic carbocycles. The van der Waals surface area contributed by atoms with Gasteiger partial charge in [-0.25, -0.2) is 4.79 Å². The molecule has 0 aliphatic heterocycles. The highest BCUT2D eigenvalue weighted by Gasteiger charge is 2.13. The Kier molecular flexibility index (Phi) is 3.66. The minimum absolute atomic E-state index is 0.116. The lowest BCUT2D eigenvalue weighted by Gasteiger charge is -2.21. The monoisotopic (exact) mass is 257 g/mol. The van der Waals surface area contributed by atoms with Crippen LogP contribution in [-0.4, -0.2) is 23.1 Å². The molecule has 0 saturated heterocycles. The smallest absolute Gasteiger partial charge is 0.337 e. The van der Waals surface area contributed by atoms with Crippen LogP contribution in [0, 0.1) is 0 Å². The van der Waals surface area contributed by atoms with E-state index in [4.69, 9.17) is 10.8 Å². The second-order valence-electron chi connectivity index (χ2n) is 4.22. The first-order valence-electron chi connectivity index (χ1n) is 5.82. The molecular formula is C14H15N3O2. The number of carboxylic acids is 1. The van der Waals surface area contributed by atoms with Gasteiger partial charge in [0.25, 0.3) is 0 Å². The normalized spacial score (nSPS) is 10.2. The number of carboxylic acid groups (broad SMARTS) is 1. The Bertz CT molecular complexity index is 584. The minimum Gasteiger partial charge on any atom is -0.478 e. The molecule has 0 fully saturated rings. The third-order valence-corrected chi connectivity index (χ3v) is 2.85. The van der Waals surface area contributed by atoms with Gasteiger partial charge in [0, 0.05) is 13.2 Å². The van der Waals surface area contributed by atoms with Crippen molar-refractivity contribution in [2.24, 2.45) is 0 Å². The predicted molar refractivity (Wildman–Crippen MR) is 74.2 cm³/mol. The maximum atomic E-state index is 11.0. The number of anilines is 2. The summed E-state index contributed by atoms with van der Waals surface area (Å²) in [5.74, 6) is -1.02. The van der Waals surface area contributed by atoms with Gasteiger partial charge in [0.15, 0.2) is 0 Å². The predicted octanol–water partition coefficient (Wildman–Crippen LogP) is 2.00. The summed E-state index contributed by atoms with van der Waals surface area (Å²) in [6.07, 6.45) is 1.72. The molecule has 1 aromatic heterocycles. The molecule has 0 aliphatic rings. The first-order chi connectivity index (χ1) is 9.09. The average Bonchev–Trinajstić information content (AvgIpc) is 2.39. The van der Waals surface area contributed by atoms with Crippen LogP contribution < -0.4 is 10.6 Å². The van der Waals surface area contributed by atoms with Crippen LogP contribution in [0.15, 0.2) is 42.6 Å². The highest BCUT2D eigenvalue weighted by Crippen LogP contribution is 2.26. The summed E-state index contributed by atoms with van der Waals surface area (Å²) in [7, 11) is 1.85.